The van der Waals surface area contributed by atoms with Crippen molar-refractivity contribution < 1.29 is 22.7 Å². The first-order valence-electron chi connectivity index (χ1n) is 10.0. The highest BCUT2D eigenvalue weighted by atomic mass is 32.2. The van der Waals surface area contributed by atoms with Gasteiger partial charge in [-0.25, -0.2) is 13.2 Å². The summed E-state index contributed by atoms with van der Waals surface area (Å²) in [6.45, 7) is 4.34. The molecule has 1 aliphatic rings. The SMILES string of the molecule is CCN(CC)S(=O)(=O)c1cccc(C(=O)OCC(=O)N2CCCc3ccccc32)c1. The summed E-state index contributed by atoms with van der Waals surface area (Å²) < 4.78 is 31.9. The Kier molecular flexibility index (Phi) is 6.89. The van der Waals surface area contributed by atoms with Crippen molar-refractivity contribution in [1.29, 1.82) is 0 Å². The molecule has 0 spiro atoms. The van der Waals surface area contributed by atoms with Crippen molar-refractivity contribution in [1.82, 2.24) is 4.31 Å². The van der Waals surface area contributed by atoms with Gasteiger partial charge in [0.25, 0.3) is 5.91 Å². The molecule has 160 valence electrons. The number of hydrogen-bond acceptors (Lipinski definition) is 5. The van der Waals surface area contributed by atoms with E-state index in [9.17, 15) is 18.0 Å². The Hall–Kier alpha value is -2.71. The number of anilines is 1. The number of amides is 1. The first-order valence-corrected chi connectivity index (χ1v) is 11.5. The number of para-hydroxylation sites is 1. The maximum absolute atomic E-state index is 12.7. The van der Waals surface area contributed by atoms with Crippen molar-refractivity contribution in [2.24, 2.45) is 0 Å². The van der Waals surface area contributed by atoms with Crippen molar-refractivity contribution in [3.63, 3.8) is 0 Å². The second kappa shape index (κ2) is 9.40. The molecule has 0 radical (unpaired) electrons. The summed E-state index contributed by atoms with van der Waals surface area (Å²) in [4.78, 5) is 26.8. The number of hydrogen-bond donors (Lipinski definition) is 0. The summed E-state index contributed by atoms with van der Waals surface area (Å²) in [6.07, 6.45) is 1.76. The van der Waals surface area contributed by atoms with Gasteiger partial charge < -0.3 is 9.64 Å². The standard InChI is InChI=1S/C22H26N2O5S/c1-3-23(4-2)30(27,28)19-12-7-10-18(15-19)22(26)29-16-21(25)24-14-8-11-17-9-5-6-13-20(17)24/h5-7,9-10,12-13,15H,3-4,8,11,14,16H2,1-2H3. The summed E-state index contributed by atoms with van der Waals surface area (Å²) in [6, 6.07) is 13.4. The highest BCUT2D eigenvalue weighted by Gasteiger charge is 2.25. The average Bonchev–Trinajstić information content (AvgIpc) is 2.77. The van der Waals surface area contributed by atoms with Gasteiger partial charge in [-0.3, -0.25) is 4.79 Å². The van der Waals surface area contributed by atoms with E-state index in [0.717, 1.165) is 24.1 Å². The predicted molar refractivity (Wildman–Crippen MR) is 114 cm³/mol. The largest absolute Gasteiger partial charge is 0.452 e. The molecule has 30 heavy (non-hydrogen) atoms. The molecule has 1 amide bonds. The lowest BCUT2D eigenvalue weighted by molar-refractivity contribution is -0.121. The van der Waals surface area contributed by atoms with Crippen molar-refractivity contribution in [2.75, 3.05) is 31.1 Å². The summed E-state index contributed by atoms with van der Waals surface area (Å²) in [5, 5.41) is 0. The molecule has 0 unspecified atom stereocenters. The van der Waals surface area contributed by atoms with Crippen molar-refractivity contribution >= 4 is 27.6 Å². The quantitative estimate of drug-likeness (QED) is 0.631. The number of sulfonamides is 1. The number of carbonyl (C=O) groups is 2. The number of benzene rings is 2. The molecule has 0 bridgehead atoms. The lowest BCUT2D eigenvalue weighted by Crippen LogP contribution is -2.38. The molecule has 0 N–H and O–H groups in total. The van der Waals surface area contributed by atoms with E-state index in [0.29, 0.717) is 19.6 Å². The molecular formula is C22H26N2O5S. The van der Waals surface area contributed by atoms with Crippen LogP contribution in [-0.2, 0) is 26.0 Å². The fourth-order valence-corrected chi connectivity index (χ4v) is 5.08. The highest BCUT2D eigenvalue weighted by Crippen LogP contribution is 2.26. The molecule has 0 aromatic heterocycles. The topological polar surface area (TPSA) is 84.0 Å². The molecule has 1 aliphatic heterocycles. The number of fused-ring (bicyclic) bond motifs is 1. The van der Waals surface area contributed by atoms with Crippen LogP contribution in [-0.4, -0.2) is 50.8 Å². The van der Waals surface area contributed by atoms with Crippen molar-refractivity contribution in [3.8, 4) is 0 Å². The Morgan fingerprint density at radius 1 is 1.07 bits per heavy atom. The fraction of sp³-hybridized carbons (Fsp3) is 0.364. The maximum atomic E-state index is 12.7. The number of rotatable bonds is 7. The second-order valence-corrected chi connectivity index (χ2v) is 8.91. The molecule has 0 fully saturated rings. The third-order valence-corrected chi connectivity index (χ3v) is 7.20. The lowest BCUT2D eigenvalue weighted by atomic mass is 10.0. The minimum absolute atomic E-state index is 0.0249. The Balaban J connectivity index is 1.70. The first kappa shape index (κ1) is 22.0. The number of ether oxygens (including phenoxy) is 1. The lowest BCUT2D eigenvalue weighted by Gasteiger charge is -2.29. The van der Waals surface area contributed by atoms with E-state index >= 15 is 0 Å². The second-order valence-electron chi connectivity index (χ2n) is 6.97. The first-order chi connectivity index (χ1) is 14.4. The van der Waals surface area contributed by atoms with Crippen LogP contribution in [0.15, 0.2) is 53.4 Å². The summed E-state index contributed by atoms with van der Waals surface area (Å²) in [5.74, 6) is -1.03. The minimum atomic E-state index is -3.69. The van der Waals surface area contributed by atoms with E-state index in [2.05, 4.69) is 0 Å². The third kappa shape index (κ3) is 4.55. The van der Waals surface area contributed by atoms with Crippen LogP contribution in [0.25, 0.3) is 0 Å². The molecular weight excluding hydrogens is 404 g/mol. The normalized spacial score (nSPS) is 13.8. The Bertz CT molecular complexity index is 1030. The van der Waals surface area contributed by atoms with Crippen molar-refractivity contribution in [2.45, 2.75) is 31.6 Å². The molecule has 0 aliphatic carbocycles. The van der Waals surface area contributed by atoms with Gasteiger partial charge in [0.1, 0.15) is 0 Å². The third-order valence-electron chi connectivity index (χ3n) is 5.15. The van der Waals surface area contributed by atoms with Gasteiger partial charge in [0, 0.05) is 25.3 Å². The van der Waals surface area contributed by atoms with E-state index in [1.807, 2.05) is 24.3 Å². The minimum Gasteiger partial charge on any atom is -0.452 e. The van der Waals surface area contributed by atoms with E-state index in [4.69, 9.17) is 4.74 Å². The van der Waals surface area contributed by atoms with Gasteiger partial charge in [0.2, 0.25) is 10.0 Å². The van der Waals surface area contributed by atoms with E-state index < -0.39 is 22.6 Å². The molecule has 1 heterocycles. The number of aryl methyl sites for hydroxylation is 1. The zero-order valence-electron chi connectivity index (χ0n) is 17.2. The van der Waals surface area contributed by atoms with E-state index in [1.54, 1.807) is 18.7 Å². The van der Waals surface area contributed by atoms with Crippen molar-refractivity contribution in [3.05, 3.63) is 59.7 Å². The maximum Gasteiger partial charge on any atom is 0.338 e. The zero-order chi connectivity index (χ0) is 21.7. The average molecular weight is 431 g/mol. The number of esters is 1. The van der Waals surface area contributed by atoms with Crippen LogP contribution >= 0.6 is 0 Å². The summed E-state index contributed by atoms with van der Waals surface area (Å²) in [7, 11) is -3.69. The van der Waals surface area contributed by atoms with Gasteiger partial charge in [-0.05, 0) is 42.7 Å². The van der Waals surface area contributed by atoms with Crippen LogP contribution < -0.4 is 4.90 Å². The van der Waals surface area contributed by atoms with Crippen LogP contribution in [0.4, 0.5) is 5.69 Å². The van der Waals surface area contributed by atoms with Crippen LogP contribution in [0.2, 0.25) is 0 Å². The van der Waals surface area contributed by atoms with Crippen LogP contribution in [0.3, 0.4) is 0 Å². The zero-order valence-corrected chi connectivity index (χ0v) is 18.0. The van der Waals surface area contributed by atoms with E-state index in [-0.39, 0.29) is 16.4 Å². The molecule has 8 heteroatoms. The van der Waals surface area contributed by atoms with Gasteiger partial charge in [-0.15, -0.1) is 0 Å². The van der Waals surface area contributed by atoms with Crippen LogP contribution in [0.5, 0.6) is 0 Å². The molecule has 7 nitrogen and oxygen atoms in total. The Labute approximate surface area is 177 Å². The summed E-state index contributed by atoms with van der Waals surface area (Å²) >= 11 is 0. The molecule has 0 atom stereocenters. The molecule has 2 aromatic rings. The monoisotopic (exact) mass is 430 g/mol. The van der Waals surface area contributed by atoms with Gasteiger partial charge in [0.05, 0.1) is 10.5 Å². The molecule has 2 aromatic carbocycles. The number of carbonyl (C=O) groups excluding carboxylic acids is 2. The van der Waals surface area contributed by atoms with Gasteiger partial charge in [-0.1, -0.05) is 38.1 Å². The van der Waals surface area contributed by atoms with Gasteiger partial charge in [-0.2, -0.15) is 4.31 Å². The summed E-state index contributed by atoms with van der Waals surface area (Å²) in [5.41, 5.74) is 2.03. The Morgan fingerprint density at radius 2 is 1.80 bits per heavy atom. The van der Waals surface area contributed by atoms with Crippen LogP contribution in [0.1, 0.15) is 36.2 Å². The highest BCUT2D eigenvalue weighted by molar-refractivity contribution is 7.89. The fourth-order valence-electron chi connectivity index (χ4n) is 3.58. The van der Waals surface area contributed by atoms with E-state index in [1.165, 1.54) is 28.6 Å². The number of nitrogens with zero attached hydrogens (tertiary/aromatic N) is 2. The molecule has 0 saturated carbocycles. The van der Waals surface area contributed by atoms with Gasteiger partial charge >= 0.3 is 5.97 Å². The Morgan fingerprint density at radius 3 is 2.53 bits per heavy atom. The van der Waals surface area contributed by atoms with Gasteiger partial charge in [0.15, 0.2) is 6.61 Å². The predicted octanol–water partition coefficient (Wildman–Crippen LogP) is 2.85. The molecule has 0 saturated heterocycles. The van der Waals surface area contributed by atoms with Crippen LogP contribution in [0, 0.1) is 0 Å². The molecule has 3 rings (SSSR count). The smallest absolute Gasteiger partial charge is 0.338 e.